The van der Waals surface area contributed by atoms with Crippen LogP contribution in [0.3, 0.4) is 0 Å². The molecule has 1 heterocycles. The van der Waals surface area contributed by atoms with E-state index in [0.29, 0.717) is 5.75 Å². The molecule has 98 valence electrons. The summed E-state index contributed by atoms with van der Waals surface area (Å²) < 4.78 is 4.92. The van der Waals surface area contributed by atoms with Gasteiger partial charge in [-0.05, 0) is 0 Å². The van der Waals surface area contributed by atoms with Crippen LogP contribution in [0.5, 0.6) is 5.75 Å². The zero-order chi connectivity index (χ0) is 13.7. The van der Waals surface area contributed by atoms with Gasteiger partial charge in [0.15, 0.2) is 0 Å². The molecule has 0 radical (unpaired) electrons. The molecule has 0 aliphatic heterocycles. The van der Waals surface area contributed by atoms with E-state index in [1.54, 1.807) is 5.38 Å². The van der Waals surface area contributed by atoms with Gasteiger partial charge in [-0.15, -0.1) is 11.3 Å². The van der Waals surface area contributed by atoms with E-state index in [0.717, 1.165) is 16.2 Å². The fourth-order valence-corrected chi connectivity index (χ4v) is 2.07. The average molecular weight is 272 g/mol. The number of hydrogen-bond donors (Lipinski definition) is 2. The number of carbonyl (C=O) groups excluding carboxylic acids is 2. The Morgan fingerprint density at radius 1 is 1.44 bits per heavy atom. The maximum Gasteiger partial charge on any atom is 0.323 e. The van der Waals surface area contributed by atoms with Crippen molar-refractivity contribution in [1.82, 2.24) is 4.90 Å². The quantitative estimate of drug-likeness (QED) is 0.743. The molecule has 0 aliphatic rings. The van der Waals surface area contributed by atoms with Crippen molar-refractivity contribution in [1.29, 1.82) is 0 Å². The number of primary amides is 1. The summed E-state index contributed by atoms with van der Waals surface area (Å²) >= 11 is 1.10. The number of amides is 2. The van der Waals surface area contributed by atoms with Gasteiger partial charge in [-0.1, -0.05) is 0 Å². The molecule has 8 heteroatoms. The number of carbonyl (C=O) groups is 3. The van der Waals surface area contributed by atoms with Crippen LogP contribution in [0.15, 0.2) is 11.4 Å². The highest BCUT2D eigenvalue weighted by atomic mass is 32.1. The van der Waals surface area contributed by atoms with Crippen LogP contribution in [-0.2, 0) is 9.59 Å². The van der Waals surface area contributed by atoms with Crippen molar-refractivity contribution in [3.05, 3.63) is 16.3 Å². The Morgan fingerprint density at radius 2 is 2.11 bits per heavy atom. The Labute approximate surface area is 107 Å². The van der Waals surface area contributed by atoms with Crippen LogP contribution in [0.25, 0.3) is 0 Å². The standard InChI is InChI=1S/C10H12N2O5S/c1-17-6-2-7(18-5-6)10(16)12(3-8(11)13)4-9(14)15/h2,5H,3-4H2,1H3,(H2,11,13)(H,14,15). The highest BCUT2D eigenvalue weighted by molar-refractivity contribution is 7.12. The monoisotopic (exact) mass is 272 g/mol. The van der Waals surface area contributed by atoms with Gasteiger partial charge in [0.1, 0.15) is 18.8 Å². The molecule has 1 aromatic rings. The van der Waals surface area contributed by atoms with Gasteiger partial charge < -0.3 is 20.5 Å². The van der Waals surface area contributed by atoms with Crippen molar-refractivity contribution in [2.75, 3.05) is 20.2 Å². The van der Waals surface area contributed by atoms with Crippen LogP contribution in [0.1, 0.15) is 9.67 Å². The molecule has 0 unspecified atom stereocenters. The minimum atomic E-state index is -1.21. The maximum atomic E-state index is 12.0. The lowest BCUT2D eigenvalue weighted by Crippen LogP contribution is -2.41. The van der Waals surface area contributed by atoms with Gasteiger partial charge in [0.05, 0.1) is 12.0 Å². The SMILES string of the molecule is COc1csc(C(=O)N(CC(N)=O)CC(=O)O)c1. The Hall–Kier alpha value is -2.09. The number of ether oxygens (including phenoxy) is 1. The molecule has 1 aromatic heterocycles. The van der Waals surface area contributed by atoms with Crippen LogP contribution < -0.4 is 10.5 Å². The summed E-state index contributed by atoms with van der Waals surface area (Å²) in [7, 11) is 1.45. The summed E-state index contributed by atoms with van der Waals surface area (Å²) in [5.41, 5.74) is 4.97. The number of methoxy groups -OCH3 is 1. The minimum Gasteiger partial charge on any atom is -0.496 e. The van der Waals surface area contributed by atoms with Gasteiger partial charge in [0.2, 0.25) is 5.91 Å². The van der Waals surface area contributed by atoms with Crippen LogP contribution >= 0.6 is 11.3 Å². The highest BCUT2D eigenvalue weighted by Gasteiger charge is 2.21. The molecule has 3 N–H and O–H groups in total. The Kier molecular flexibility index (Phi) is 4.67. The van der Waals surface area contributed by atoms with Gasteiger partial charge >= 0.3 is 5.97 Å². The van der Waals surface area contributed by atoms with E-state index >= 15 is 0 Å². The number of carboxylic acid groups (broad SMARTS) is 1. The summed E-state index contributed by atoms with van der Waals surface area (Å²) in [6.07, 6.45) is 0. The first-order valence-corrected chi connectivity index (χ1v) is 5.74. The van der Waals surface area contributed by atoms with Crippen molar-refractivity contribution in [2.45, 2.75) is 0 Å². The van der Waals surface area contributed by atoms with Crippen LogP contribution in [0.4, 0.5) is 0 Å². The molecular formula is C10H12N2O5S. The molecule has 0 fully saturated rings. The lowest BCUT2D eigenvalue weighted by molar-refractivity contribution is -0.138. The number of rotatable bonds is 6. The number of nitrogens with zero attached hydrogens (tertiary/aromatic N) is 1. The number of hydrogen-bond acceptors (Lipinski definition) is 5. The van der Waals surface area contributed by atoms with E-state index in [1.165, 1.54) is 13.2 Å². The molecule has 7 nitrogen and oxygen atoms in total. The first-order chi connectivity index (χ1) is 8.43. The smallest absolute Gasteiger partial charge is 0.323 e. The van der Waals surface area contributed by atoms with Gasteiger partial charge in [0, 0.05) is 11.4 Å². The Bertz CT molecular complexity index is 455. The molecule has 0 bridgehead atoms. The van der Waals surface area contributed by atoms with Crippen molar-refractivity contribution in [3.8, 4) is 5.75 Å². The zero-order valence-corrected chi connectivity index (χ0v) is 10.4. The minimum absolute atomic E-state index is 0.286. The molecule has 0 saturated heterocycles. The third-order valence-electron chi connectivity index (χ3n) is 1.98. The number of thiophene rings is 1. The summed E-state index contributed by atoms with van der Waals surface area (Å²) in [5.74, 6) is -2.05. The molecule has 0 aliphatic carbocycles. The molecule has 0 spiro atoms. The van der Waals surface area contributed by atoms with E-state index in [4.69, 9.17) is 15.6 Å². The van der Waals surface area contributed by atoms with Gasteiger partial charge in [-0.2, -0.15) is 0 Å². The number of aliphatic carboxylic acids is 1. The molecule has 2 amide bonds. The zero-order valence-electron chi connectivity index (χ0n) is 9.58. The molecule has 0 atom stereocenters. The second-order valence-electron chi connectivity index (χ2n) is 3.37. The van der Waals surface area contributed by atoms with Crippen LogP contribution in [0, 0.1) is 0 Å². The predicted octanol–water partition coefficient (Wildman–Crippen LogP) is -0.231. The second kappa shape index (κ2) is 6.01. The highest BCUT2D eigenvalue weighted by Crippen LogP contribution is 2.22. The largest absolute Gasteiger partial charge is 0.496 e. The fourth-order valence-electron chi connectivity index (χ4n) is 1.24. The van der Waals surface area contributed by atoms with Crippen molar-refractivity contribution < 1.29 is 24.2 Å². The lowest BCUT2D eigenvalue weighted by Gasteiger charge is -2.17. The number of nitrogens with two attached hydrogens (primary N) is 1. The van der Waals surface area contributed by atoms with Crippen molar-refractivity contribution in [3.63, 3.8) is 0 Å². The third kappa shape index (κ3) is 3.74. The second-order valence-corrected chi connectivity index (χ2v) is 4.28. The van der Waals surface area contributed by atoms with Crippen LogP contribution in [-0.4, -0.2) is 48.0 Å². The summed E-state index contributed by atoms with van der Waals surface area (Å²) in [6, 6.07) is 1.48. The van der Waals surface area contributed by atoms with Crippen LogP contribution in [0.2, 0.25) is 0 Å². The summed E-state index contributed by atoms with van der Waals surface area (Å²) in [5, 5.41) is 10.3. The van der Waals surface area contributed by atoms with Crippen molar-refractivity contribution >= 4 is 29.1 Å². The van der Waals surface area contributed by atoms with Crippen molar-refractivity contribution in [2.24, 2.45) is 5.73 Å². The summed E-state index contributed by atoms with van der Waals surface area (Å²) in [4.78, 5) is 34.5. The first-order valence-electron chi connectivity index (χ1n) is 4.86. The van der Waals surface area contributed by atoms with E-state index in [2.05, 4.69) is 0 Å². The Morgan fingerprint density at radius 3 is 2.56 bits per heavy atom. The normalized spacial score (nSPS) is 9.83. The molecule has 1 rings (SSSR count). The number of carboxylic acids is 1. The van der Waals surface area contributed by atoms with Gasteiger partial charge in [0.25, 0.3) is 5.91 Å². The first kappa shape index (κ1) is 14.0. The van der Waals surface area contributed by atoms with E-state index < -0.39 is 30.9 Å². The van der Waals surface area contributed by atoms with E-state index in [9.17, 15) is 14.4 Å². The van der Waals surface area contributed by atoms with Gasteiger partial charge in [-0.3, -0.25) is 14.4 Å². The average Bonchev–Trinajstić information content (AvgIpc) is 2.74. The topological polar surface area (TPSA) is 110 Å². The predicted molar refractivity (Wildman–Crippen MR) is 63.6 cm³/mol. The molecule has 0 saturated carbocycles. The lowest BCUT2D eigenvalue weighted by atomic mass is 10.3. The fraction of sp³-hybridized carbons (Fsp3) is 0.300. The third-order valence-corrected chi connectivity index (χ3v) is 2.88. The summed E-state index contributed by atoms with van der Waals surface area (Å²) in [6.45, 7) is -1.02. The van der Waals surface area contributed by atoms with E-state index in [1.807, 2.05) is 0 Å². The Balaban J connectivity index is 2.86. The molecular weight excluding hydrogens is 260 g/mol. The van der Waals surface area contributed by atoms with E-state index in [-0.39, 0.29) is 4.88 Å². The molecule has 18 heavy (non-hydrogen) atoms. The maximum absolute atomic E-state index is 12.0. The van der Waals surface area contributed by atoms with Gasteiger partial charge in [-0.25, -0.2) is 0 Å². The molecule has 0 aromatic carbocycles.